The van der Waals surface area contributed by atoms with Crippen LogP contribution < -0.4 is 5.32 Å². The van der Waals surface area contributed by atoms with Crippen molar-refractivity contribution in [2.75, 3.05) is 5.32 Å². The highest BCUT2D eigenvalue weighted by molar-refractivity contribution is 5.71. The maximum Gasteiger partial charge on any atom is 0.136 e. The van der Waals surface area contributed by atoms with Crippen LogP contribution in [0.1, 0.15) is 49.6 Å². The van der Waals surface area contributed by atoms with Gasteiger partial charge in [-0.05, 0) is 32.8 Å². The van der Waals surface area contributed by atoms with Gasteiger partial charge >= 0.3 is 0 Å². The summed E-state index contributed by atoms with van der Waals surface area (Å²) in [6, 6.07) is 6.63. The second kappa shape index (κ2) is 5.41. The molecule has 0 spiro atoms. The quantitative estimate of drug-likeness (QED) is 0.818. The summed E-state index contributed by atoms with van der Waals surface area (Å²) in [4.78, 5) is 0. The number of anilines is 1. The largest absolute Gasteiger partial charge is 0.508 e. The lowest BCUT2D eigenvalue weighted by atomic mass is 9.85. The Balaban J connectivity index is 2.15. The number of aromatic nitrogens is 2. The van der Waals surface area contributed by atoms with Crippen molar-refractivity contribution >= 4 is 11.6 Å². The minimum atomic E-state index is -0.258. The minimum absolute atomic E-state index is 0.0242. The van der Waals surface area contributed by atoms with E-state index in [-0.39, 0.29) is 23.2 Å². The lowest BCUT2D eigenvalue weighted by Gasteiger charge is -2.40. The normalized spacial score (nSPS) is 23.2. The van der Waals surface area contributed by atoms with Crippen molar-refractivity contribution in [1.29, 1.82) is 0 Å². The molecule has 2 aromatic rings. The summed E-state index contributed by atoms with van der Waals surface area (Å²) in [6.45, 7) is 9.70. The Morgan fingerprint density at radius 2 is 2.22 bits per heavy atom. The summed E-state index contributed by atoms with van der Waals surface area (Å²) in [7, 11) is 0. The van der Waals surface area contributed by atoms with Crippen molar-refractivity contribution in [3.05, 3.63) is 53.5 Å². The molecule has 23 heavy (non-hydrogen) atoms. The molecule has 2 N–H and O–H groups in total. The van der Waals surface area contributed by atoms with Crippen molar-refractivity contribution in [3.63, 3.8) is 0 Å². The number of benzene rings is 1. The zero-order valence-electron chi connectivity index (χ0n) is 13.7. The number of hydrogen-bond acceptors (Lipinski definition) is 3. The molecule has 2 atom stereocenters. The molecule has 5 heteroatoms. The third kappa shape index (κ3) is 2.40. The maximum absolute atomic E-state index is 14.2. The SMILES string of the molecule is C=C(O)c1c(C)nn2c1NC(c1ccccc1F)CC2(C)CC. The average molecular weight is 315 g/mol. The first-order valence-electron chi connectivity index (χ1n) is 7.86. The molecule has 0 aliphatic carbocycles. The molecular formula is C18H22FN3O. The van der Waals surface area contributed by atoms with E-state index < -0.39 is 0 Å². The highest BCUT2D eigenvalue weighted by Crippen LogP contribution is 2.44. The third-order valence-electron chi connectivity index (χ3n) is 4.86. The van der Waals surface area contributed by atoms with Gasteiger partial charge in [0.15, 0.2) is 0 Å². The van der Waals surface area contributed by atoms with E-state index in [9.17, 15) is 9.50 Å². The van der Waals surface area contributed by atoms with E-state index in [1.807, 2.05) is 17.7 Å². The Morgan fingerprint density at radius 1 is 1.52 bits per heavy atom. The van der Waals surface area contributed by atoms with Gasteiger partial charge in [-0.15, -0.1) is 0 Å². The standard InChI is InChI=1S/C18H22FN3O/c1-5-18(4)10-15(13-8-6-7-9-14(13)19)20-17-16(12(3)23)11(2)21-22(17)18/h6-9,15,20,23H,3,5,10H2,1-2,4H3. The van der Waals surface area contributed by atoms with Crippen LogP contribution in [0.25, 0.3) is 5.76 Å². The van der Waals surface area contributed by atoms with Crippen LogP contribution in [-0.2, 0) is 5.54 Å². The third-order valence-corrected chi connectivity index (χ3v) is 4.86. The van der Waals surface area contributed by atoms with E-state index in [1.165, 1.54) is 6.07 Å². The summed E-state index contributed by atoms with van der Waals surface area (Å²) in [5.74, 6) is 0.459. The number of aryl methyl sites for hydroxylation is 1. The maximum atomic E-state index is 14.2. The molecule has 1 aliphatic heterocycles. The molecule has 2 unspecified atom stereocenters. The molecule has 0 saturated heterocycles. The number of aliphatic hydroxyl groups is 1. The summed E-state index contributed by atoms with van der Waals surface area (Å²) in [6.07, 6.45) is 1.57. The van der Waals surface area contributed by atoms with Crippen molar-refractivity contribution < 1.29 is 9.50 Å². The molecule has 1 aromatic carbocycles. The van der Waals surface area contributed by atoms with Gasteiger partial charge < -0.3 is 10.4 Å². The summed E-state index contributed by atoms with van der Waals surface area (Å²) in [5, 5.41) is 17.9. The van der Waals surface area contributed by atoms with Gasteiger partial charge in [0.2, 0.25) is 0 Å². The van der Waals surface area contributed by atoms with Gasteiger partial charge in [0, 0.05) is 5.56 Å². The van der Waals surface area contributed by atoms with Crippen LogP contribution in [0.2, 0.25) is 0 Å². The van der Waals surface area contributed by atoms with Crippen LogP contribution >= 0.6 is 0 Å². The number of aliphatic hydroxyl groups excluding tert-OH is 1. The van der Waals surface area contributed by atoms with Crippen LogP contribution in [-0.4, -0.2) is 14.9 Å². The molecule has 122 valence electrons. The first kappa shape index (κ1) is 15.6. The molecule has 3 rings (SSSR count). The molecule has 0 fully saturated rings. The van der Waals surface area contributed by atoms with Crippen LogP contribution in [0.4, 0.5) is 10.2 Å². The van der Waals surface area contributed by atoms with Crippen LogP contribution in [0, 0.1) is 12.7 Å². The Kier molecular flexibility index (Phi) is 3.66. The summed E-state index contributed by atoms with van der Waals surface area (Å²) in [5.41, 5.74) is 1.69. The van der Waals surface area contributed by atoms with Gasteiger partial charge in [-0.25, -0.2) is 9.07 Å². The first-order valence-corrected chi connectivity index (χ1v) is 7.86. The van der Waals surface area contributed by atoms with Crippen molar-refractivity contribution in [3.8, 4) is 0 Å². The molecule has 0 radical (unpaired) electrons. The molecule has 0 saturated carbocycles. The highest BCUT2D eigenvalue weighted by Gasteiger charge is 2.39. The monoisotopic (exact) mass is 315 g/mol. The zero-order valence-corrected chi connectivity index (χ0v) is 13.7. The fourth-order valence-electron chi connectivity index (χ4n) is 3.38. The Hall–Kier alpha value is -2.30. The lowest BCUT2D eigenvalue weighted by molar-refractivity contribution is 0.224. The number of rotatable bonds is 3. The van der Waals surface area contributed by atoms with E-state index in [4.69, 9.17) is 0 Å². The van der Waals surface area contributed by atoms with E-state index >= 15 is 0 Å². The van der Waals surface area contributed by atoms with Gasteiger partial charge in [-0.1, -0.05) is 31.7 Å². The first-order chi connectivity index (χ1) is 10.9. The Labute approximate surface area is 135 Å². The Morgan fingerprint density at radius 3 is 2.83 bits per heavy atom. The van der Waals surface area contributed by atoms with Gasteiger partial charge in [-0.2, -0.15) is 5.10 Å². The average Bonchev–Trinajstić information content (AvgIpc) is 2.85. The molecule has 2 heterocycles. The topological polar surface area (TPSA) is 50.1 Å². The predicted molar refractivity (Wildman–Crippen MR) is 89.9 cm³/mol. The summed E-state index contributed by atoms with van der Waals surface area (Å²) >= 11 is 0. The molecular weight excluding hydrogens is 293 g/mol. The number of hydrogen-bond donors (Lipinski definition) is 2. The number of nitrogens with one attached hydrogen (secondary N) is 1. The van der Waals surface area contributed by atoms with E-state index in [1.54, 1.807) is 12.1 Å². The molecule has 0 bridgehead atoms. The van der Waals surface area contributed by atoms with E-state index in [0.717, 1.165) is 12.8 Å². The second-order valence-corrected chi connectivity index (χ2v) is 6.44. The second-order valence-electron chi connectivity index (χ2n) is 6.44. The highest BCUT2D eigenvalue weighted by atomic mass is 19.1. The smallest absolute Gasteiger partial charge is 0.136 e. The zero-order chi connectivity index (χ0) is 16.8. The Bertz CT molecular complexity index is 768. The van der Waals surface area contributed by atoms with Gasteiger partial charge in [0.25, 0.3) is 0 Å². The molecule has 0 amide bonds. The number of nitrogens with zero attached hydrogens (tertiary/aromatic N) is 2. The fourth-order valence-corrected chi connectivity index (χ4v) is 3.38. The van der Waals surface area contributed by atoms with Crippen molar-refractivity contribution in [2.45, 2.75) is 45.2 Å². The number of halogens is 1. The van der Waals surface area contributed by atoms with Crippen LogP contribution in [0.15, 0.2) is 30.8 Å². The van der Waals surface area contributed by atoms with Crippen molar-refractivity contribution in [1.82, 2.24) is 9.78 Å². The van der Waals surface area contributed by atoms with Crippen molar-refractivity contribution in [2.24, 2.45) is 0 Å². The predicted octanol–water partition coefficient (Wildman–Crippen LogP) is 4.54. The molecule has 1 aromatic heterocycles. The molecule has 4 nitrogen and oxygen atoms in total. The van der Waals surface area contributed by atoms with Crippen LogP contribution in [0.3, 0.4) is 0 Å². The van der Waals surface area contributed by atoms with Gasteiger partial charge in [0.05, 0.1) is 22.8 Å². The number of fused-ring (bicyclic) bond motifs is 1. The fraction of sp³-hybridized carbons (Fsp3) is 0.389. The lowest BCUT2D eigenvalue weighted by Crippen LogP contribution is -2.40. The summed E-state index contributed by atoms with van der Waals surface area (Å²) < 4.78 is 16.2. The van der Waals surface area contributed by atoms with Crippen LogP contribution in [0.5, 0.6) is 0 Å². The van der Waals surface area contributed by atoms with E-state index in [0.29, 0.717) is 22.6 Å². The minimum Gasteiger partial charge on any atom is -0.508 e. The van der Waals surface area contributed by atoms with Gasteiger partial charge in [0.1, 0.15) is 17.4 Å². The van der Waals surface area contributed by atoms with Gasteiger partial charge in [-0.3, -0.25) is 0 Å². The molecule has 1 aliphatic rings. The van der Waals surface area contributed by atoms with E-state index in [2.05, 4.69) is 30.8 Å².